The topological polar surface area (TPSA) is 82.5 Å². The molecule has 0 atom stereocenters. The maximum Gasteiger partial charge on any atom is 0.405 e. The van der Waals surface area contributed by atoms with Crippen LogP contribution >= 0.6 is 15.9 Å². The number of hydrogen-bond donors (Lipinski definition) is 1. The second-order valence-corrected chi connectivity index (χ2v) is 4.80. The summed E-state index contributed by atoms with van der Waals surface area (Å²) in [4.78, 5) is 19.5. The molecule has 17 heavy (non-hydrogen) atoms. The highest BCUT2D eigenvalue weighted by molar-refractivity contribution is 9.10. The number of rotatable bonds is 2. The molecule has 1 amide bonds. The smallest absolute Gasteiger partial charge is 0.405 e. The van der Waals surface area contributed by atoms with Crippen LogP contribution in [0.1, 0.15) is 18.5 Å². The number of amides is 1. The van der Waals surface area contributed by atoms with Gasteiger partial charge in [0.1, 0.15) is 10.3 Å². The first-order valence-electron chi connectivity index (χ1n) is 5.09. The van der Waals surface area contributed by atoms with E-state index in [1.165, 1.54) is 0 Å². The number of imidazole rings is 1. The molecule has 3 rings (SSSR count). The number of carbonyl (C=O) groups is 1. The van der Waals surface area contributed by atoms with Gasteiger partial charge in [-0.1, -0.05) is 0 Å². The maximum absolute atomic E-state index is 10.9. The molecule has 2 N–H and O–H groups in total. The van der Waals surface area contributed by atoms with Gasteiger partial charge in [0.25, 0.3) is 0 Å². The van der Waals surface area contributed by atoms with E-state index in [2.05, 4.69) is 25.9 Å². The zero-order chi connectivity index (χ0) is 12.0. The summed E-state index contributed by atoms with van der Waals surface area (Å²) in [5.41, 5.74) is 5.73. The number of halogens is 1. The van der Waals surface area contributed by atoms with Crippen molar-refractivity contribution < 1.29 is 9.53 Å². The van der Waals surface area contributed by atoms with Crippen molar-refractivity contribution >= 4 is 27.7 Å². The zero-order valence-corrected chi connectivity index (χ0v) is 10.3. The Morgan fingerprint density at radius 1 is 1.59 bits per heavy atom. The van der Waals surface area contributed by atoms with E-state index in [0.717, 1.165) is 12.8 Å². The van der Waals surface area contributed by atoms with Crippen molar-refractivity contribution in [3.8, 4) is 0 Å². The molecule has 2 aromatic heterocycles. The lowest BCUT2D eigenvalue weighted by Crippen LogP contribution is -2.24. The van der Waals surface area contributed by atoms with Crippen LogP contribution < -0.4 is 5.73 Å². The summed E-state index contributed by atoms with van der Waals surface area (Å²) >= 11 is 3.32. The van der Waals surface area contributed by atoms with E-state index in [-0.39, 0.29) is 0 Å². The molecule has 1 saturated carbocycles. The third-order valence-electron chi connectivity index (χ3n) is 2.78. The molecule has 0 aliphatic heterocycles. The van der Waals surface area contributed by atoms with Crippen LogP contribution in [0.5, 0.6) is 0 Å². The lowest BCUT2D eigenvalue weighted by atomic mass is 10.2. The van der Waals surface area contributed by atoms with Crippen LogP contribution in [0.15, 0.2) is 23.2 Å². The average molecular weight is 297 g/mol. The van der Waals surface area contributed by atoms with Gasteiger partial charge in [0, 0.05) is 18.6 Å². The van der Waals surface area contributed by atoms with Gasteiger partial charge in [-0.3, -0.25) is 0 Å². The first kappa shape index (κ1) is 10.5. The van der Waals surface area contributed by atoms with Crippen molar-refractivity contribution in [1.82, 2.24) is 14.4 Å². The van der Waals surface area contributed by atoms with E-state index >= 15 is 0 Å². The summed E-state index contributed by atoms with van der Waals surface area (Å²) in [5.74, 6) is 0. The Balaban J connectivity index is 2.16. The van der Waals surface area contributed by atoms with Crippen molar-refractivity contribution in [1.29, 1.82) is 0 Å². The molecule has 0 unspecified atom stereocenters. The molecular weight excluding hydrogens is 288 g/mol. The van der Waals surface area contributed by atoms with Gasteiger partial charge in [0.05, 0.1) is 0 Å². The first-order valence-corrected chi connectivity index (χ1v) is 5.88. The van der Waals surface area contributed by atoms with E-state index in [0.29, 0.717) is 15.9 Å². The van der Waals surface area contributed by atoms with Gasteiger partial charge >= 0.3 is 6.09 Å². The van der Waals surface area contributed by atoms with Crippen LogP contribution in [0.25, 0.3) is 5.65 Å². The van der Waals surface area contributed by atoms with Crippen molar-refractivity contribution in [2.24, 2.45) is 5.73 Å². The van der Waals surface area contributed by atoms with Gasteiger partial charge in [-0.25, -0.2) is 14.8 Å². The number of carbonyl (C=O) groups excluding carboxylic acids is 1. The van der Waals surface area contributed by atoms with Gasteiger partial charge in [-0.2, -0.15) is 0 Å². The summed E-state index contributed by atoms with van der Waals surface area (Å²) in [6, 6.07) is 0. The lowest BCUT2D eigenvalue weighted by molar-refractivity contribution is 0.0878. The Morgan fingerprint density at radius 2 is 2.35 bits per heavy atom. The number of ether oxygens (including phenoxy) is 1. The lowest BCUT2D eigenvalue weighted by Gasteiger charge is -2.15. The van der Waals surface area contributed by atoms with E-state index in [1.807, 2.05) is 10.6 Å². The quantitative estimate of drug-likeness (QED) is 0.912. The van der Waals surface area contributed by atoms with Crippen molar-refractivity contribution in [3.63, 3.8) is 0 Å². The van der Waals surface area contributed by atoms with Crippen LogP contribution in [-0.2, 0) is 10.3 Å². The molecule has 1 aliphatic carbocycles. The van der Waals surface area contributed by atoms with Crippen molar-refractivity contribution in [2.45, 2.75) is 18.4 Å². The van der Waals surface area contributed by atoms with Gasteiger partial charge in [0.15, 0.2) is 11.2 Å². The largest absolute Gasteiger partial charge is 0.436 e. The third-order valence-corrected chi connectivity index (χ3v) is 3.16. The molecule has 2 heterocycles. The molecule has 0 saturated heterocycles. The second kappa shape index (κ2) is 3.43. The highest BCUT2D eigenvalue weighted by Gasteiger charge is 2.51. The number of hydrogen-bond acceptors (Lipinski definition) is 4. The van der Waals surface area contributed by atoms with E-state index in [1.54, 1.807) is 12.4 Å². The van der Waals surface area contributed by atoms with Crippen molar-refractivity contribution in [3.05, 3.63) is 28.9 Å². The Kier molecular flexibility index (Phi) is 2.12. The summed E-state index contributed by atoms with van der Waals surface area (Å²) in [5, 5.41) is 0. The molecule has 1 aliphatic rings. The van der Waals surface area contributed by atoms with E-state index in [4.69, 9.17) is 10.5 Å². The number of nitrogens with two attached hydrogens (primary N) is 1. The van der Waals surface area contributed by atoms with Crippen LogP contribution in [0.4, 0.5) is 4.79 Å². The normalized spacial score (nSPS) is 17.0. The molecule has 6 nitrogen and oxygen atoms in total. The first-order chi connectivity index (χ1) is 8.11. The number of fused-ring (bicyclic) bond motifs is 1. The molecule has 0 aromatic carbocycles. The molecule has 88 valence electrons. The average Bonchev–Trinajstić information content (AvgIpc) is 2.87. The Hall–Kier alpha value is -1.63. The predicted octanol–water partition coefficient (Wildman–Crippen LogP) is 1.58. The third kappa shape index (κ3) is 1.66. The fourth-order valence-corrected chi connectivity index (χ4v) is 2.30. The molecule has 7 heteroatoms. The maximum atomic E-state index is 10.9. The fraction of sp³-hybridized carbons (Fsp3) is 0.300. The number of aromatic nitrogens is 3. The molecular formula is C10H9BrN4O2. The van der Waals surface area contributed by atoms with Gasteiger partial charge in [0.2, 0.25) is 0 Å². The highest BCUT2D eigenvalue weighted by Crippen LogP contribution is 2.49. The molecule has 0 bridgehead atoms. The Morgan fingerprint density at radius 3 is 3.00 bits per heavy atom. The zero-order valence-electron chi connectivity index (χ0n) is 8.76. The Labute approximate surface area is 105 Å². The van der Waals surface area contributed by atoms with E-state index in [9.17, 15) is 4.79 Å². The predicted molar refractivity (Wildman–Crippen MR) is 62.3 cm³/mol. The van der Waals surface area contributed by atoms with Crippen LogP contribution in [-0.4, -0.2) is 20.5 Å². The monoisotopic (exact) mass is 296 g/mol. The van der Waals surface area contributed by atoms with Crippen LogP contribution in [0.2, 0.25) is 0 Å². The number of nitrogens with zero attached hydrogens (tertiary/aromatic N) is 3. The minimum atomic E-state index is -0.783. The minimum absolute atomic E-state index is 0.649. The molecule has 0 spiro atoms. The van der Waals surface area contributed by atoms with Gasteiger partial charge in [-0.15, -0.1) is 0 Å². The molecule has 2 aromatic rings. The highest BCUT2D eigenvalue weighted by atomic mass is 79.9. The second-order valence-electron chi connectivity index (χ2n) is 3.99. The fourth-order valence-electron chi connectivity index (χ4n) is 1.90. The molecule has 0 radical (unpaired) electrons. The standard InChI is InChI=1S/C10H9BrN4O2/c11-6-5-15-4-3-13-8(15)7(14-6)10(1-2-10)17-9(12)16/h3-5H,1-2H2,(H2,12,16). The Bertz CT molecular complexity index is 605. The summed E-state index contributed by atoms with van der Waals surface area (Å²) in [7, 11) is 0. The number of primary amides is 1. The van der Waals surface area contributed by atoms with Crippen LogP contribution in [0.3, 0.4) is 0 Å². The van der Waals surface area contributed by atoms with Gasteiger partial charge < -0.3 is 14.9 Å². The summed E-state index contributed by atoms with van der Waals surface area (Å²) < 4.78 is 7.66. The van der Waals surface area contributed by atoms with E-state index < -0.39 is 11.7 Å². The summed E-state index contributed by atoms with van der Waals surface area (Å²) in [6.45, 7) is 0. The molecule has 1 fully saturated rings. The SMILES string of the molecule is NC(=O)OC1(c2nc(Br)cn3ccnc23)CC1. The van der Waals surface area contributed by atoms with Crippen LogP contribution in [0, 0.1) is 0 Å². The van der Waals surface area contributed by atoms with Gasteiger partial charge in [-0.05, 0) is 28.8 Å². The summed E-state index contributed by atoms with van der Waals surface area (Å²) in [6.07, 6.45) is 5.95. The minimum Gasteiger partial charge on any atom is -0.436 e. The van der Waals surface area contributed by atoms with Crippen molar-refractivity contribution in [2.75, 3.05) is 0 Å².